The van der Waals surface area contributed by atoms with E-state index >= 15 is 0 Å². The SMILES string of the molecule is CC[C@@H](N)C(=O)OCCCC(C)C. The molecule has 0 aliphatic rings. The van der Waals surface area contributed by atoms with Gasteiger partial charge in [0.15, 0.2) is 0 Å². The van der Waals surface area contributed by atoms with Crippen LogP contribution in [0.4, 0.5) is 0 Å². The Kier molecular flexibility index (Phi) is 6.59. The van der Waals surface area contributed by atoms with E-state index in [9.17, 15) is 4.79 Å². The molecule has 0 spiro atoms. The maximum absolute atomic E-state index is 11.1. The average molecular weight is 187 g/mol. The molecule has 0 fully saturated rings. The van der Waals surface area contributed by atoms with Crippen molar-refractivity contribution < 1.29 is 9.53 Å². The smallest absolute Gasteiger partial charge is 0.322 e. The van der Waals surface area contributed by atoms with E-state index in [2.05, 4.69) is 13.8 Å². The van der Waals surface area contributed by atoms with Gasteiger partial charge < -0.3 is 10.5 Å². The number of hydrogen-bond donors (Lipinski definition) is 1. The molecule has 0 radical (unpaired) electrons. The van der Waals surface area contributed by atoms with Gasteiger partial charge in [-0.15, -0.1) is 0 Å². The molecule has 0 amide bonds. The molecule has 0 heterocycles. The van der Waals surface area contributed by atoms with Crippen molar-refractivity contribution in [2.24, 2.45) is 11.7 Å². The third kappa shape index (κ3) is 6.58. The average Bonchev–Trinajstić information content (AvgIpc) is 2.10. The van der Waals surface area contributed by atoms with Crippen LogP contribution in [-0.4, -0.2) is 18.6 Å². The van der Waals surface area contributed by atoms with Gasteiger partial charge in [0.2, 0.25) is 0 Å². The van der Waals surface area contributed by atoms with Gasteiger partial charge in [-0.05, 0) is 25.2 Å². The second-order valence-electron chi connectivity index (χ2n) is 3.72. The highest BCUT2D eigenvalue weighted by molar-refractivity contribution is 5.75. The monoisotopic (exact) mass is 187 g/mol. The summed E-state index contributed by atoms with van der Waals surface area (Å²) in [6, 6.07) is -0.445. The Morgan fingerprint density at radius 2 is 2.08 bits per heavy atom. The van der Waals surface area contributed by atoms with Crippen LogP contribution >= 0.6 is 0 Å². The van der Waals surface area contributed by atoms with E-state index in [0.29, 0.717) is 18.9 Å². The summed E-state index contributed by atoms with van der Waals surface area (Å²) in [5.41, 5.74) is 5.48. The lowest BCUT2D eigenvalue weighted by Crippen LogP contribution is -2.31. The molecule has 3 heteroatoms. The maximum atomic E-state index is 11.1. The summed E-state index contributed by atoms with van der Waals surface area (Å²) in [7, 11) is 0. The summed E-state index contributed by atoms with van der Waals surface area (Å²) in [6.07, 6.45) is 2.66. The molecule has 0 unspecified atom stereocenters. The summed E-state index contributed by atoms with van der Waals surface area (Å²) in [6.45, 7) is 6.68. The van der Waals surface area contributed by atoms with Crippen molar-refractivity contribution >= 4 is 5.97 Å². The van der Waals surface area contributed by atoms with Gasteiger partial charge >= 0.3 is 5.97 Å². The molecule has 1 atom stereocenters. The first kappa shape index (κ1) is 12.4. The minimum atomic E-state index is -0.445. The fourth-order valence-electron chi connectivity index (χ4n) is 0.938. The Labute approximate surface area is 80.6 Å². The van der Waals surface area contributed by atoms with Crippen molar-refractivity contribution in [1.29, 1.82) is 0 Å². The van der Waals surface area contributed by atoms with Crippen LogP contribution in [0.5, 0.6) is 0 Å². The fraction of sp³-hybridized carbons (Fsp3) is 0.900. The molecule has 0 aromatic heterocycles. The second-order valence-corrected chi connectivity index (χ2v) is 3.72. The molecule has 0 rings (SSSR count). The molecule has 13 heavy (non-hydrogen) atoms. The highest BCUT2D eigenvalue weighted by atomic mass is 16.5. The summed E-state index contributed by atoms with van der Waals surface area (Å²) in [5.74, 6) is 0.393. The highest BCUT2D eigenvalue weighted by Gasteiger charge is 2.11. The predicted octanol–water partition coefficient (Wildman–Crippen LogP) is 1.70. The Balaban J connectivity index is 3.37. The van der Waals surface area contributed by atoms with Crippen LogP contribution in [0.1, 0.15) is 40.0 Å². The third-order valence-corrected chi connectivity index (χ3v) is 1.91. The van der Waals surface area contributed by atoms with Crippen LogP contribution in [0.3, 0.4) is 0 Å². The van der Waals surface area contributed by atoms with Crippen molar-refractivity contribution in [2.45, 2.75) is 46.1 Å². The van der Waals surface area contributed by atoms with Crippen LogP contribution in [0, 0.1) is 5.92 Å². The molecule has 0 bridgehead atoms. The van der Waals surface area contributed by atoms with E-state index in [-0.39, 0.29) is 5.97 Å². The standard InChI is InChI=1S/C10H21NO2/c1-4-9(11)10(12)13-7-5-6-8(2)3/h8-9H,4-7,11H2,1-3H3/t9-/m1/s1. The van der Waals surface area contributed by atoms with Crippen LogP contribution in [0.15, 0.2) is 0 Å². The van der Waals surface area contributed by atoms with Crippen molar-refractivity contribution in [1.82, 2.24) is 0 Å². The molecule has 3 nitrogen and oxygen atoms in total. The Bertz CT molecular complexity index is 146. The quantitative estimate of drug-likeness (QED) is 0.508. The van der Waals surface area contributed by atoms with Crippen molar-refractivity contribution in [2.75, 3.05) is 6.61 Å². The second kappa shape index (κ2) is 6.89. The summed E-state index contributed by atoms with van der Waals surface area (Å²) in [5, 5.41) is 0. The number of ether oxygens (including phenoxy) is 1. The molecule has 0 aliphatic carbocycles. The van der Waals surface area contributed by atoms with Gasteiger partial charge in [0.05, 0.1) is 6.61 Å². The molecule has 2 N–H and O–H groups in total. The van der Waals surface area contributed by atoms with Gasteiger partial charge in [0.1, 0.15) is 6.04 Å². The zero-order chi connectivity index (χ0) is 10.3. The van der Waals surface area contributed by atoms with Gasteiger partial charge in [-0.25, -0.2) is 0 Å². The topological polar surface area (TPSA) is 52.3 Å². The summed E-state index contributed by atoms with van der Waals surface area (Å²) >= 11 is 0. The minimum absolute atomic E-state index is 0.272. The molecule has 0 saturated heterocycles. The van der Waals surface area contributed by atoms with Crippen LogP contribution in [0.25, 0.3) is 0 Å². The zero-order valence-corrected chi connectivity index (χ0v) is 8.88. The summed E-state index contributed by atoms with van der Waals surface area (Å²) in [4.78, 5) is 11.1. The number of carbonyl (C=O) groups is 1. The van der Waals surface area contributed by atoms with E-state index in [1.165, 1.54) is 0 Å². The lowest BCUT2D eigenvalue weighted by molar-refractivity contribution is -0.145. The molecule has 78 valence electrons. The molecule has 0 aromatic carbocycles. The summed E-state index contributed by atoms with van der Waals surface area (Å²) < 4.78 is 4.98. The van der Waals surface area contributed by atoms with E-state index in [0.717, 1.165) is 12.8 Å². The number of esters is 1. The van der Waals surface area contributed by atoms with E-state index in [4.69, 9.17) is 10.5 Å². The van der Waals surface area contributed by atoms with Gasteiger partial charge in [-0.1, -0.05) is 20.8 Å². The van der Waals surface area contributed by atoms with Crippen molar-refractivity contribution in [3.8, 4) is 0 Å². The minimum Gasteiger partial charge on any atom is -0.465 e. The lowest BCUT2D eigenvalue weighted by Gasteiger charge is -2.09. The molecule has 0 aromatic rings. The normalized spacial score (nSPS) is 13.0. The van der Waals surface area contributed by atoms with Gasteiger partial charge in [0, 0.05) is 0 Å². The van der Waals surface area contributed by atoms with Gasteiger partial charge in [-0.3, -0.25) is 4.79 Å². The van der Waals surface area contributed by atoms with E-state index in [1.54, 1.807) is 0 Å². The molecule has 0 saturated carbocycles. The van der Waals surface area contributed by atoms with Crippen LogP contribution < -0.4 is 5.73 Å². The van der Waals surface area contributed by atoms with Crippen LogP contribution in [-0.2, 0) is 9.53 Å². The van der Waals surface area contributed by atoms with E-state index < -0.39 is 6.04 Å². The molecule has 0 aliphatic heterocycles. The molecular formula is C10H21NO2. The van der Waals surface area contributed by atoms with E-state index in [1.807, 2.05) is 6.92 Å². The number of rotatable bonds is 6. The predicted molar refractivity (Wildman–Crippen MR) is 53.3 cm³/mol. The Morgan fingerprint density at radius 1 is 1.46 bits per heavy atom. The van der Waals surface area contributed by atoms with Gasteiger partial charge in [0.25, 0.3) is 0 Å². The Hall–Kier alpha value is -0.570. The molecular weight excluding hydrogens is 166 g/mol. The van der Waals surface area contributed by atoms with Crippen molar-refractivity contribution in [3.63, 3.8) is 0 Å². The lowest BCUT2D eigenvalue weighted by atomic mass is 10.1. The fourth-order valence-corrected chi connectivity index (χ4v) is 0.938. The Morgan fingerprint density at radius 3 is 2.54 bits per heavy atom. The maximum Gasteiger partial charge on any atom is 0.322 e. The first-order chi connectivity index (χ1) is 6.07. The third-order valence-electron chi connectivity index (χ3n) is 1.91. The number of hydrogen-bond acceptors (Lipinski definition) is 3. The first-order valence-corrected chi connectivity index (χ1v) is 5.00. The number of nitrogens with two attached hydrogens (primary N) is 1. The first-order valence-electron chi connectivity index (χ1n) is 5.00. The van der Waals surface area contributed by atoms with Gasteiger partial charge in [-0.2, -0.15) is 0 Å². The number of carbonyl (C=O) groups excluding carboxylic acids is 1. The largest absolute Gasteiger partial charge is 0.465 e. The van der Waals surface area contributed by atoms with Crippen LogP contribution in [0.2, 0.25) is 0 Å². The zero-order valence-electron chi connectivity index (χ0n) is 8.88. The highest BCUT2D eigenvalue weighted by Crippen LogP contribution is 2.03. The van der Waals surface area contributed by atoms with Crippen molar-refractivity contribution in [3.05, 3.63) is 0 Å².